The normalized spacial score (nSPS) is 11.9. The fourth-order valence-corrected chi connectivity index (χ4v) is 1.25. The lowest BCUT2D eigenvalue weighted by atomic mass is 10.1. The quantitative estimate of drug-likeness (QED) is 0.713. The Bertz CT molecular complexity index is 490. The Hall–Kier alpha value is -2.18. The number of nitrogens with zero attached hydrogens (tertiary/aromatic N) is 3. The van der Waals surface area contributed by atoms with Gasteiger partial charge in [0.1, 0.15) is 6.33 Å². The highest BCUT2D eigenvalue weighted by atomic mass is 16.4. The van der Waals surface area contributed by atoms with Crippen molar-refractivity contribution in [2.24, 2.45) is 7.05 Å². The third-order valence-electron chi connectivity index (χ3n) is 2.51. The van der Waals surface area contributed by atoms with Crippen LogP contribution in [0, 0.1) is 0 Å². The zero-order valence-electron chi connectivity index (χ0n) is 10.6. The second-order valence-electron chi connectivity index (χ2n) is 3.90. The minimum absolute atomic E-state index is 0.0449. The Morgan fingerprint density at radius 3 is 2.56 bits per heavy atom. The van der Waals surface area contributed by atoms with Crippen LogP contribution in [0.2, 0.25) is 0 Å². The Morgan fingerprint density at radius 2 is 2.06 bits per heavy atom. The molecule has 1 aromatic rings. The van der Waals surface area contributed by atoms with Gasteiger partial charge in [0.05, 0.1) is 0 Å². The molecule has 1 rings (SSSR count). The molecule has 98 valence electrons. The van der Waals surface area contributed by atoms with E-state index < -0.39 is 5.97 Å². The summed E-state index contributed by atoms with van der Waals surface area (Å²) in [5, 5.41) is 15.4. The van der Waals surface area contributed by atoms with Crippen molar-refractivity contribution in [3.05, 3.63) is 23.3 Å². The number of carboxylic acids is 1. The zero-order valence-corrected chi connectivity index (χ0v) is 10.6. The van der Waals surface area contributed by atoms with E-state index in [9.17, 15) is 9.59 Å². The van der Waals surface area contributed by atoms with E-state index in [1.54, 1.807) is 18.1 Å². The molecule has 1 heterocycles. The van der Waals surface area contributed by atoms with Crippen molar-refractivity contribution in [3.8, 4) is 0 Å². The summed E-state index contributed by atoms with van der Waals surface area (Å²) in [7, 11) is 1.76. The van der Waals surface area contributed by atoms with E-state index in [0.29, 0.717) is 18.8 Å². The van der Waals surface area contributed by atoms with Crippen LogP contribution in [0.3, 0.4) is 0 Å². The minimum Gasteiger partial charge on any atom is -0.478 e. The Balaban J connectivity index is 2.47. The summed E-state index contributed by atoms with van der Waals surface area (Å²) in [6.07, 6.45) is 2.09. The number of hydrogen-bond donors (Lipinski definition) is 2. The summed E-state index contributed by atoms with van der Waals surface area (Å²) >= 11 is 0. The summed E-state index contributed by atoms with van der Waals surface area (Å²) in [6.45, 7) is 3.25. The minimum atomic E-state index is -1.09. The molecule has 2 N–H and O–H groups in total. The van der Waals surface area contributed by atoms with Crippen molar-refractivity contribution in [3.63, 3.8) is 0 Å². The number of hydrogen-bond acceptors (Lipinski definition) is 4. The molecule has 0 radical (unpaired) electrons. The Labute approximate surface area is 105 Å². The largest absolute Gasteiger partial charge is 0.478 e. The number of aliphatic carboxylic acids is 1. The number of nitrogens with one attached hydrogen (secondary N) is 1. The van der Waals surface area contributed by atoms with Crippen LogP contribution >= 0.6 is 0 Å². The van der Waals surface area contributed by atoms with Crippen LogP contribution in [0.1, 0.15) is 19.7 Å². The van der Waals surface area contributed by atoms with Gasteiger partial charge in [-0.2, -0.15) is 5.10 Å². The maximum atomic E-state index is 11.6. The number of aromatic nitrogens is 3. The molecule has 7 heteroatoms. The van der Waals surface area contributed by atoms with Gasteiger partial charge in [-0.25, -0.2) is 9.78 Å². The smallest absolute Gasteiger partial charge is 0.331 e. The van der Waals surface area contributed by atoms with Gasteiger partial charge >= 0.3 is 5.97 Å². The molecular weight excluding hydrogens is 236 g/mol. The Kier molecular flexibility index (Phi) is 4.59. The molecule has 18 heavy (non-hydrogen) atoms. The summed E-state index contributed by atoms with van der Waals surface area (Å²) < 4.78 is 1.58. The zero-order chi connectivity index (χ0) is 13.7. The van der Waals surface area contributed by atoms with Crippen LogP contribution in [0.15, 0.2) is 17.5 Å². The van der Waals surface area contributed by atoms with Crippen LogP contribution in [0.4, 0.5) is 0 Å². The first-order valence-corrected chi connectivity index (χ1v) is 5.45. The fourth-order valence-electron chi connectivity index (χ4n) is 1.25. The number of carboxylic acid groups (broad SMARTS) is 1. The van der Waals surface area contributed by atoms with Gasteiger partial charge in [-0.1, -0.05) is 0 Å². The van der Waals surface area contributed by atoms with Crippen molar-refractivity contribution in [1.29, 1.82) is 0 Å². The predicted octanol–water partition coefficient (Wildman–Crippen LogP) is -0.105. The van der Waals surface area contributed by atoms with Crippen LogP contribution in [-0.2, 0) is 23.1 Å². The van der Waals surface area contributed by atoms with Crippen molar-refractivity contribution < 1.29 is 14.7 Å². The van der Waals surface area contributed by atoms with Crippen molar-refractivity contribution in [1.82, 2.24) is 20.1 Å². The highest BCUT2D eigenvalue weighted by molar-refractivity contribution is 6.01. The van der Waals surface area contributed by atoms with Crippen LogP contribution < -0.4 is 5.32 Å². The van der Waals surface area contributed by atoms with Gasteiger partial charge in [-0.3, -0.25) is 9.48 Å². The SMILES string of the molecule is CC(C(=O)O)=C(C)C(=O)NCCc1ncn(C)n1. The predicted molar refractivity (Wildman–Crippen MR) is 63.7 cm³/mol. The summed E-state index contributed by atoms with van der Waals surface area (Å²) in [6, 6.07) is 0. The molecule has 0 aliphatic heterocycles. The maximum absolute atomic E-state index is 11.6. The summed E-state index contributed by atoms with van der Waals surface area (Å²) in [5.74, 6) is -0.839. The lowest BCUT2D eigenvalue weighted by Gasteiger charge is -2.05. The second-order valence-corrected chi connectivity index (χ2v) is 3.90. The van der Waals surface area contributed by atoms with E-state index in [1.807, 2.05) is 0 Å². The maximum Gasteiger partial charge on any atom is 0.331 e. The standard InChI is InChI=1S/C11H16N4O3/c1-7(8(2)11(17)18)10(16)12-5-4-9-13-6-15(3)14-9/h6H,4-5H2,1-3H3,(H,12,16)(H,17,18). The molecule has 7 nitrogen and oxygen atoms in total. The van der Waals surface area contributed by atoms with E-state index in [1.165, 1.54) is 13.8 Å². The summed E-state index contributed by atoms with van der Waals surface area (Å²) in [5.41, 5.74) is 0.250. The van der Waals surface area contributed by atoms with Crippen LogP contribution in [0.5, 0.6) is 0 Å². The molecule has 0 spiro atoms. The first kappa shape index (κ1) is 13.9. The average molecular weight is 252 g/mol. The van der Waals surface area contributed by atoms with Gasteiger partial charge in [-0.05, 0) is 13.8 Å². The molecule has 1 aromatic heterocycles. The molecule has 0 bridgehead atoms. The molecule has 0 fully saturated rings. The number of carbonyl (C=O) groups excluding carboxylic acids is 1. The molecule has 0 aliphatic rings. The molecule has 0 atom stereocenters. The van der Waals surface area contributed by atoms with Gasteiger partial charge in [-0.15, -0.1) is 0 Å². The van der Waals surface area contributed by atoms with Crippen molar-refractivity contribution in [2.75, 3.05) is 6.54 Å². The molecule has 0 saturated heterocycles. The van der Waals surface area contributed by atoms with Gasteiger partial charge in [0.15, 0.2) is 5.82 Å². The molecule has 1 amide bonds. The van der Waals surface area contributed by atoms with Gasteiger partial charge in [0.2, 0.25) is 5.91 Å². The monoisotopic (exact) mass is 252 g/mol. The Morgan fingerprint density at radius 1 is 1.39 bits per heavy atom. The van der Waals surface area contributed by atoms with E-state index in [4.69, 9.17) is 5.11 Å². The lowest BCUT2D eigenvalue weighted by molar-refractivity contribution is -0.133. The van der Waals surface area contributed by atoms with Crippen molar-refractivity contribution in [2.45, 2.75) is 20.3 Å². The highest BCUT2D eigenvalue weighted by Crippen LogP contribution is 2.03. The third-order valence-corrected chi connectivity index (χ3v) is 2.51. The molecule has 0 unspecified atom stereocenters. The van der Waals surface area contributed by atoms with Gasteiger partial charge in [0.25, 0.3) is 0 Å². The van der Waals surface area contributed by atoms with E-state index in [-0.39, 0.29) is 17.1 Å². The second kappa shape index (κ2) is 5.95. The lowest BCUT2D eigenvalue weighted by Crippen LogP contribution is -2.27. The molecule has 0 saturated carbocycles. The topological polar surface area (TPSA) is 97.1 Å². The number of aryl methyl sites for hydroxylation is 1. The van der Waals surface area contributed by atoms with E-state index >= 15 is 0 Å². The van der Waals surface area contributed by atoms with E-state index in [2.05, 4.69) is 15.4 Å². The number of carbonyl (C=O) groups is 2. The van der Waals surface area contributed by atoms with Crippen LogP contribution in [-0.4, -0.2) is 38.3 Å². The number of amides is 1. The third kappa shape index (κ3) is 3.69. The first-order valence-electron chi connectivity index (χ1n) is 5.45. The number of rotatable bonds is 5. The van der Waals surface area contributed by atoms with Crippen LogP contribution in [0.25, 0.3) is 0 Å². The molecular formula is C11H16N4O3. The fraction of sp³-hybridized carbons (Fsp3) is 0.455. The van der Waals surface area contributed by atoms with Gasteiger partial charge in [0, 0.05) is 31.2 Å². The van der Waals surface area contributed by atoms with E-state index in [0.717, 1.165) is 0 Å². The first-order chi connectivity index (χ1) is 8.41. The average Bonchev–Trinajstić information content (AvgIpc) is 2.72. The molecule has 0 aromatic carbocycles. The summed E-state index contributed by atoms with van der Waals surface area (Å²) in [4.78, 5) is 26.3. The van der Waals surface area contributed by atoms with Crippen molar-refractivity contribution >= 4 is 11.9 Å². The van der Waals surface area contributed by atoms with Gasteiger partial charge < -0.3 is 10.4 Å². The molecule has 0 aliphatic carbocycles. The highest BCUT2D eigenvalue weighted by Gasteiger charge is 2.12.